The van der Waals surface area contributed by atoms with Crippen LogP contribution < -0.4 is 10.5 Å². The second-order valence-corrected chi connectivity index (χ2v) is 7.76. The third kappa shape index (κ3) is 5.15. The van der Waals surface area contributed by atoms with Crippen LogP contribution in [0.15, 0.2) is 38.7 Å². The molecule has 1 aromatic heterocycles. The molecule has 0 aliphatic rings. The molecule has 1 aromatic carbocycles. The lowest BCUT2D eigenvalue weighted by atomic mass is 10.0. The van der Waals surface area contributed by atoms with Crippen molar-refractivity contribution in [3.8, 4) is 5.75 Å². The Morgan fingerprint density at radius 1 is 1.30 bits per heavy atom. The number of carbonyl (C=O) groups excluding carboxylic acids is 1. The van der Waals surface area contributed by atoms with E-state index >= 15 is 0 Å². The van der Waals surface area contributed by atoms with Gasteiger partial charge in [-0.2, -0.15) is 0 Å². The number of carbonyl (C=O) groups is 1. The van der Waals surface area contributed by atoms with Crippen LogP contribution >= 0.6 is 12.8 Å². The molecule has 0 fully saturated rings. The largest absolute Gasteiger partial charge is 0.505 e. The lowest BCUT2D eigenvalue weighted by molar-refractivity contribution is 0.0824. The van der Waals surface area contributed by atoms with Gasteiger partial charge in [0.15, 0.2) is 17.4 Å². The molecule has 4 N–H and O–H groups in total. The quantitative estimate of drug-likeness (QED) is 0.328. The van der Waals surface area contributed by atoms with E-state index in [1.165, 1.54) is 11.0 Å². The highest BCUT2D eigenvalue weighted by atomic mass is 32.1. The molecule has 0 saturated heterocycles. The van der Waals surface area contributed by atoms with Crippen molar-refractivity contribution in [2.24, 2.45) is 21.6 Å². The van der Waals surface area contributed by atoms with Gasteiger partial charge in [0.25, 0.3) is 5.91 Å². The van der Waals surface area contributed by atoms with Crippen LogP contribution in [0.1, 0.15) is 47.3 Å². The standard InChI is InChI=1S/C21H29N5O3S/c1-11(2)17(16-10-12(3)13(4)29-16)24-20(25-30)19(22)23-15-9-7-8-14(18(15)27)21(28)26(5)6/h7-11,17,27,30H,1-6H3,(H2,22,23)(H,24,25)/t17-/m1/s1. The van der Waals surface area contributed by atoms with Crippen LogP contribution in [0.5, 0.6) is 5.75 Å². The lowest BCUT2D eigenvalue weighted by Gasteiger charge is -2.16. The van der Waals surface area contributed by atoms with Gasteiger partial charge in [-0.15, -0.1) is 0 Å². The summed E-state index contributed by atoms with van der Waals surface area (Å²) in [4.78, 5) is 22.5. The third-order valence-corrected chi connectivity index (χ3v) is 4.83. The van der Waals surface area contributed by atoms with Gasteiger partial charge in [-0.05, 0) is 43.5 Å². The first-order valence-electron chi connectivity index (χ1n) is 9.49. The predicted octanol–water partition coefficient (Wildman–Crippen LogP) is 3.52. The average molecular weight is 432 g/mol. The van der Waals surface area contributed by atoms with Gasteiger partial charge in [-0.3, -0.25) is 9.79 Å². The van der Waals surface area contributed by atoms with E-state index in [9.17, 15) is 9.90 Å². The number of para-hydroxylation sites is 1. The number of aryl methyl sites for hydroxylation is 2. The Bertz CT molecular complexity index is 960. The number of hydrogen-bond donors (Lipinski definition) is 4. The molecule has 2 rings (SSSR count). The van der Waals surface area contributed by atoms with Gasteiger partial charge in [-0.25, -0.2) is 4.99 Å². The molecule has 0 bridgehead atoms. The number of aromatic hydroxyl groups is 1. The van der Waals surface area contributed by atoms with Gasteiger partial charge < -0.3 is 24.9 Å². The summed E-state index contributed by atoms with van der Waals surface area (Å²) >= 11 is 4.11. The fraction of sp³-hybridized carbons (Fsp3) is 0.381. The van der Waals surface area contributed by atoms with Gasteiger partial charge in [0.1, 0.15) is 23.2 Å². The van der Waals surface area contributed by atoms with E-state index < -0.39 is 0 Å². The number of benzene rings is 1. The Labute approximate surface area is 182 Å². The number of phenols is 1. The first kappa shape index (κ1) is 23.3. The molecule has 2 aromatic rings. The summed E-state index contributed by atoms with van der Waals surface area (Å²) in [7, 11) is 3.21. The van der Waals surface area contributed by atoms with E-state index in [0.29, 0.717) is 0 Å². The van der Waals surface area contributed by atoms with E-state index in [1.54, 1.807) is 26.2 Å². The Morgan fingerprint density at radius 3 is 2.47 bits per heavy atom. The van der Waals surface area contributed by atoms with Gasteiger partial charge in [0, 0.05) is 14.1 Å². The number of nitrogens with two attached hydrogens (primary N) is 1. The SMILES string of the molecule is Cc1cc([C@H](N=C(NS)C(N)=Nc2cccc(C(=O)N(C)C)c2O)C(C)C)oc1C. The zero-order valence-electron chi connectivity index (χ0n) is 18.1. The van der Waals surface area contributed by atoms with Crippen LogP contribution in [0.4, 0.5) is 5.69 Å². The van der Waals surface area contributed by atoms with Gasteiger partial charge in [0.2, 0.25) is 0 Å². The molecule has 9 heteroatoms. The van der Waals surface area contributed by atoms with Crippen molar-refractivity contribution in [3.63, 3.8) is 0 Å². The third-order valence-electron chi connectivity index (χ3n) is 4.62. The molecule has 30 heavy (non-hydrogen) atoms. The highest BCUT2D eigenvalue weighted by molar-refractivity contribution is 7.78. The molecule has 0 saturated carbocycles. The number of aliphatic imine (C=N–C) groups is 2. The molecule has 0 radical (unpaired) electrons. The average Bonchev–Trinajstić information content (AvgIpc) is 3.01. The highest BCUT2D eigenvalue weighted by Crippen LogP contribution is 2.32. The predicted molar refractivity (Wildman–Crippen MR) is 123 cm³/mol. The zero-order chi connectivity index (χ0) is 22.6. The summed E-state index contributed by atoms with van der Waals surface area (Å²) < 4.78 is 8.51. The number of phenolic OH excluding ortho intramolecular Hbond substituents is 1. The van der Waals surface area contributed by atoms with Crippen molar-refractivity contribution >= 4 is 36.1 Å². The Hall–Kier alpha value is -2.94. The maximum absolute atomic E-state index is 12.2. The highest BCUT2D eigenvalue weighted by Gasteiger charge is 2.22. The first-order valence-corrected chi connectivity index (χ1v) is 9.94. The molecule has 0 unspecified atom stereocenters. The van der Waals surface area contributed by atoms with Crippen molar-refractivity contribution in [1.82, 2.24) is 9.62 Å². The molecular formula is C21H29N5O3S. The summed E-state index contributed by atoms with van der Waals surface area (Å²) in [6, 6.07) is 6.35. The van der Waals surface area contributed by atoms with Crippen LogP contribution in [-0.4, -0.2) is 41.7 Å². The minimum absolute atomic E-state index is 0.0143. The second kappa shape index (κ2) is 9.71. The number of amides is 1. The monoisotopic (exact) mass is 431 g/mol. The number of thiol groups is 1. The smallest absolute Gasteiger partial charge is 0.257 e. The maximum Gasteiger partial charge on any atom is 0.257 e. The fourth-order valence-corrected chi connectivity index (χ4v) is 2.97. The molecule has 0 aliphatic heterocycles. The van der Waals surface area contributed by atoms with Crippen LogP contribution in [0.25, 0.3) is 0 Å². The van der Waals surface area contributed by atoms with E-state index in [2.05, 4.69) is 27.5 Å². The lowest BCUT2D eigenvalue weighted by Crippen LogP contribution is -2.32. The molecule has 1 amide bonds. The number of furan rings is 1. The van der Waals surface area contributed by atoms with Crippen molar-refractivity contribution in [3.05, 3.63) is 46.9 Å². The van der Waals surface area contributed by atoms with Crippen LogP contribution in [0.3, 0.4) is 0 Å². The summed E-state index contributed by atoms with van der Waals surface area (Å²) in [5.41, 5.74) is 7.48. The topological polar surface area (TPSA) is 116 Å². The van der Waals surface area contributed by atoms with Crippen molar-refractivity contribution in [2.75, 3.05) is 14.1 Å². The first-order chi connectivity index (χ1) is 14.1. The minimum atomic E-state index is -0.340. The Kier molecular flexibility index (Phi) is 7.55. The maximum atomic E-state index is 12.2. The number of hydrogen-bond acceptors (Lipinski definition) is 6. The Balaban J connectivity index is 2.46. The summed E-state index contributed by atoms with van der Waals surface area (Å²) in [5, 5.41) is 10.5. The van der Waals surface area contributed by atoms with E-state index in [4.69, 9.17) is 10.2 Å². The van der Waals surface area contributed by atoms with Gasteiger partial charge >= 0.3 is 0 Å². The number of amidine groups is 2. The van der Waals surface area contributed by atoms with Gasteiger partial charge in [-0.1, -0.05) is 32.7 Å². The summed E-state index contributed by atoms with van der Waals surface area (Å²) in [6.45, 7) is 7.92. The Morgan fingerprint density at radius 2 is 1.97 bits per heavy atom. The minimum Gasteiger partial charge on any atom is -0.505 e. The van der Waals surface area contributed by atoms with Crippen molar-refractivity contribution in [1.29, 1.82) is 0 Å². The molecular weight excluding hydrogens is 402 g/mol. The number of nitrogens with zero attached hydrogens (tertiary/aromatic N) is 3. The summed E-state index contributed by atoms with van der Waals surface area (Å²) in [6.07, 6.45) is 0. The van der Waals surface area contributed by atoms with Crippen LogP contribution in [0, 0.1) is 19.8 Å². The number of nitrogens with one attached hydrogen (secondary N) is 1. The van der Waals surface area contributed by atoms with Crippen molar-refractivity contribution in [2.45, 2.75) is 33.7 Å². The normalized spacial score (nSPS) is 13.5. The fourth-order valence-electron chi connectivity index (χ4n) is 2.80. The number of rotatable bonds is 5. The van der Waals surface area contributed by atoms with Crippen LogP contribution in [0.2, 0.25) is 0 Å². The zero-order valence-corrected chi connectivity index (χ0v) is 19.0. The van der Waals surface area contributed by atoms with E-state index in [-0.39, 0.29) is 46.5 Å². The van der Waals surface area contributed by atoms with E-state index in [0.717, 1.165) is 17.1 Å². The molecule has 1 atom stereocenters. The molecule has 0 spiro atoms. The molecule has 1 heterocycles. The second-order valence-electron chi connectivity index (χ2n) is 7.54. The van der Waals surface area contributed by atoms with E-state index in [1.807, 2.05) is 33.8 Å². The van der Waals surface area contributed by atoms with Crippen LogP contribution in [-0.2, 0) is 0 Å². The molecule has 162 valence electrons. The molecule has 8 nitrogen and oxygen atoms in total. The molecule has 0 aliphatic carbocycles. The van der Waals surface area contributed by atoms with Crippen molar-refractivity contribution < 1.29 is 14.3 Å². The summed E-state index contributed by atoms with van der Waals surface area (Å²) in [5.74, 6) is 1.32. The van der Waals surface area contributed by atoms with Gasteiger partial charge in [0.05, 0.1) is 5.56 Å².